The molecule has 2 fully saturated rings. The van der Waals surface area contributed by atoms with Gasteiger partial charge in [-0.1, -0.05) is 0 Å². The molecule has 4 atom stereocenters. The summed E-state index contributed by atoms with van der Waals surface area (Å²) in [5, 5.41) is 12.3. The monoisotopic (exact) mass is 377 g/mol. The van der Waals surface area contributed by atoms with E-state index < -0.39 is 12.0 Å². The Bertz CT molecular complexity index is 579. The van der Waals surface area contributed by atoms with Gasteiger partial charge in [-0.05, 0) is 50.0 Å². The molecule has 0 aromatic carbocycles. The number of aromatic nitrogens is 2. The summed E-state index contributed by atoms with van der Waals surface area (Å²) in [5.74, 6) is 0.876. The zero-order chi connectivity index (χ0) is 15.7. The maximum absolute atomic E-state index is 11.6. The Morgan fingerprint density at radius 3 is 2.71 bits per heavy atom. The fraction of sp³-hybridized carbons (Fsp3) is 0.688. The van der Waals surface area contributed by atoms with Gasteiger partial charge in [0.2, 0.25) is 0 Å². The molecule has 0 radical (unpaired) electrons. The molecule has 1 aliphatic heterocycles. The highest BCUT2D eigenvalue weighted by atomic mass is 35.5. The fourth-order valence-corrected chi connectivity index (χ4v) is 4.05. The molecule has 24 heavy (non-hydrogen) atoms. The van der Waals surface area contributed by atoms with Gasteiger partial charge in [-0.25, -0.2) is 4.98 Å². The van der Waals surface area contributed by atoms with Gasteiger partial charge in [0.25, 0.3) is 0 Å². The molecule has 1 aliphatic carbocycles. The molecule has 2 heterocycles. The average molecular weight is 378 g/mol. The summed E-state index contributed by atoms with van der Waals surface area (Å²) < 4.78 is 1.95. The van der Waals surface area contributed by atoms with Crippen LogP contribution in [0.1, 0.15) is 43.1 Å². The van der Waals surface area contributed by atoms with E-state index in [0.717, 1.165) is 38.8 Å². The maximum atomic E-state index is 11.6. The van der Waals surface area contributed by atoms with Crippen molar-refractivity contribution < 1.29 is 14.7 Å². The van der Waals surface area contributed by atoms with Crippen molar-refractivity contribution in [2.75, 3.05) is 6.54 Å². The van der Waals surface area contributed by atoms with E-state index in [1.165, 1.54) is 0 Å². The number of rotatable bonds is 4. The van der Waals surface area contributed by atoms with Crippen LogP contribution in [0.4, 0.5) is 0 Å². The molecule has 6 nitrogen and oxygen atoms in total. The van der Waals surface area contributed by atoms with Gasteiger partial charge in [-0.15, -0.1) is 24.8 Å². The number of nitrogens with zero attached hydrogens (tertiary/aromatic N) is 2. The summed E-state index contributed by atoms with van der Waals surface area (Å²) in [7, 11) is 0. The number of carboxylic acids is 1. The molecule has 0 spiro atoms. The van der Waals surface area contributed by atoms with Crippen molar-refractivity contribution in [3.8, 4) is 0 Å². The summed E-state index contributed by atoms with van der Waals surface area (Å²) in [6.45, 7) is 3.19. The van der Waals surface area contributed by atoms with Crippen molar-refractivity contribution in [1.82, 2.24) is 14.9 Å². The number of carboxylic acid groups (broad SMARTS) is 1. The van der Waals surface area contributed by atoms with Crippen LogP contribution in [0, 0.1) is 17.8 Å². The number of halogens is 2. The first-order valence-corrected chi connectivity index (χ1v) is 8.02. The largest absolute Gasteiger partial charge is 0.480 e. The minimum absolute atomic E-state index is 0. The zero-order valence-corrected chi connectivity index (χ0v) is 15.3. The highest BCUT2D eigenvalue weighted by molar-refractivity contribution is 5.92. The van der Waals surface area contributed by atoms with Gasteiger partial charge < -0.3 is 15.0 Å². The van der Waals surface area contributed by atoms with E-state index in [-0.39, 0.29) is 30.6 Å². The number of imidazole rings is 1. The lowest BCUT2D eigenvalue weighted by Gasteiger charge is -2.41. The highest BCUT2D eigenvalue weighted by Crippen LogP contribution is 2.39. The number of carbonyl (C=O) groups excluding carboxylic acids is 1. The van der Waals surface area contributed by atoms with Crippen molar-refractivity contribution in [1.29, 1.82) is 0 Å². The van der Waals surface area contributed by atoms with Crippen LogP contribution in [0.2, 0.25) is 0 Å². The molecule has 1 saturated carbocycles. The first-order chi connectivity index (χ1) is 10.5. The SMILES string of the molecule is CC(=O)c1cncn1C[C@H]1CC[C@H]2CN[C@H](C(=O)O)C[C@H]2C1.Cl.Cl. The van der Waals surface area contributed by atoms with Gasteiger partial charge in [0.15, 0.2) is 5.78 Å². The summed E-state index contributed by atoms with van der Waals surface area (Å²) in [5.41, 5.74) is 0.663. The van der Waals surface area contributed by atoms with Crippen LogP contribution in [0.15, 0.2) is 12.5 Å². The molecule has 1 aromatic rings. The number of nitrogens with one attached hydrogen (secondary N) is 1. The molecule has 8 heteroatoms. The minimum Gasteiger partial charge on any atom is -0.480 e. The molecule has 136 valence electrons. The van der Waals surface area contributed by atoms with Gasteiger partial charge >= 0.3 is 5.97 Å². The standard InChI is InChI=1S/C16H23N3O3.2ClH/c1-10(20)15-7-17-9-19(15)8-11-2-3-12-6-18-14(16(21)22)5-13(12)4-11;;/h7,9,11-14,18H,2-6,8H2,1H3,(H,21,22);2*1H/t11-,12-,13+,14-;;/m0../s1. The summed E-state index contributed by atoms with van der Waals surface area (Å²) >= 11 is 0. The van der Waals surface area contributed by atoms with Crippen LogP contribution < -0.4 is 5.32 Å². The second-order valence-corrected chi connectivity index (χ2v) is 6.72. The molecule has 0 bridgehead atoms. The smallest absolute Gasteiger partial charge is 0.320 e. The van der Waals surface area contributed by atoms with Crippen LogP contribution in [0.25, 0.3) is 0 Å². The summed E-state index contributed by atoms with van der Waals surface area (Å²) in [6, 6.07) is -0.402. The van der Waals surface area contributed by atoms with Gasteiger partial charge in [0, 0.05) is 13.5 Å². The van der Waals surface area contributed by atoms with Crippen LogP contribution in [0.5, 0.6) is 0 Å². The number of carbonyl (C=O) groups is 2. The maximum Gasteiger partial charge on any atom is 0.320 e. The predicted molar refractivity (Wildman–Crippen MR) is 95.1 cm³/mol. The van der Waals surface area contributed by atoms with E-state index >= 15 is 0 Å². The third kappa shape index (κ3) is 4.49. The molecule has 1 saturated heterocycles. The number of aliphatic carboxylic acids is 1. The Kier molecular flexibility index (Phi) is 7.70. The van der Waals surface area contributed by atoms with E-state index in [1.807, 2.05) is 4.57 Å². The Hall–Kier alpha value is -1.11. The van der Waals surface area contributed by atoms with Crippen LogP contribution in [0.3, 0.4) is 0 Å². The third-order valence-corrected chi connectivity index (χ3v) is 5.24. The summed E-state index contributed by atoms with van der Waals surface area (Å²) in [4.78, 5) is 26.8. The molecule has 0 unspecified atom stereocenters. The van der Waals surface area contributed by atoms with Crippen LogP contribution in [-0.2, 0) is 11.3 Å². The highest BCUT2D eigenvalue weighted by Gasteiger charge is 2.37. The Morgan fingerprint density at radius 2 is 2.04 bits per heavy atom. The van der Waals surface area contributed by atoms with Crippen molar-refractivity contribution in [3.63, 3.8) is 0 Å². The lowest BCUT2D eigenvalue weighted by atomic mass is 9.69. The third-order valence-electron chi connectivity index (χ3n) is 5.24. The quantitative estimate of drug-likeness (QED) is 0.786. The first kappa shape index (κ1) is 20.9. The van der Waals surface area contributed by atoms with Crippen LogP contribution >= 0.6 is 24.8 Å². The Balaban J connectivity index is 0.00000144. The Labute approximate surface area is 154 Å². The second kappa shape index (κ2) is 8.83. The molecular formula is C16H25Cl2N3O3. The molecule has 3 rings (SSSR count). The molecule has 1 aromatic heterocycles. The number of hydrogen-bond donors (Lipinski definition) is 2. The average Bonchev–Trinajstić information content (AvgIpc) is 2.94. The molecule has 0 amide bonds. The van der Waals surface area contributed by atoms with Gasteiger partial charge in [-0.3, -0.25) is 9.59 Å². The van der Waals surface area contributed by atoms with Crippen LogP contribution in [-0.4, -0.2) is 39.0 Å². The summed E-state index contributed by atoms with van der Waals surface area (Å²) in [6.07, 6.45) is 7.39. The zero-order valence-electron chi connectivity index (χ0n) is 13.7. The number of Topliss-reactive ketones (excluding diaryl/α,β-unsaturated/α-hetero) is 1. The van der Waals surface area contributed by atoms with Gasteiger partial charge in [-0.2, -0.15) is 0 Å². The van der Waals surface area contributed by atoms with Gasteiger partial charge in [0.05, 0.1) is 12.5 Å². The van der Waals surface area contributed by atoms with E-state index in [0.29, 0.717) is 23.4 Å². The van der Waals surface area contributed by atoms with Crippen molar-refractivity contribution in [3.05, 3.63) is 18.2 Å². The van der Waals surface area contributed by atoms with E-state index in [4.69, 9.17) is 0 Å². The van der Waals surface area contributed by atoms with Crippen molar-refractivity contribution in [2.24, 2.45) is 17.8 Å². The first-order valence-electron chi connectivity index (χ1n) is 8.02. The minimum atomic E-state index is -0.742. The van der Waals surface area contributed by atoms with Gasteiger partial charge in [0.1, 0.15) is 11.7 Å². The number of fused-ring (bicyclic) bond motifs is 1. The van der Waals surface area contributed by atoms with Crippen molar-refractivity contribution >= 4 is 36.6 Å². The number of ketones is 1. The molecular weight excluding hydrogens is 353 g/mol. The Morgan fingerprint density at radius 1 is 1.29 bits per heavy atom. The lowest BCUT2D eigenvalue weighted by Crippen LogP contribution is -2.49. The number of hydrogen-bond acceptors (Lipinski definition) is 4. The molecule has 2 aliphatic rings. The normalized spacial score (nSPS) is 28.9. The fourth-order valence-electron chi connectivity index (χ4n) is 4.05. The van der Waals surface area contributed by atoms with E-state index in [2.05, 4.69) is 10.3 Å². The van der Waals surface area contributed by atoms with E-state index in [1.54, 1.807) is 19.4 Å². The topological polar surface area (TPSA) is 84.2 Å². The molecule has 2 N–H and O–H groups in total. The van der Waals surface area contributed by atoms with Crippen molar-refractivity contribution in [2.45, 2.75) is 45.2 Å². The lowest BCUT2D eigenvalue weighted by molar-refractivity contribution is -0.141. The predicted octanol–water partition coefficient (Wildman–Crippen LogP) is 2.41. The van der Waals surface area contributed by atoms with E-state index in [9.17, 15) is 14.7 Å². The second-order valence-electron chi connectivity index (χ2n) is 6.72. The number of piperidine rings is 1.